The molecular weight excluding hydrogens is 261 g/mol. The summed E-state index contributed by atoms with van der Waals surface area (Å²) in [6.07, 6.45) is 3.93. The monoisotopic (exact) mass is 279 g/mol. The Labute approximate surface area is 119 Å². The lowest BCUT2D eigenvalue weighted by molar-refractivity contribution is 0.221. The predicted molar refractivity (Wildman–Crippen MR) is 80.3 cm³/mol. The van der Waals surface area contributed by atoms with Gasteiger partial charge in [-0.25, -0.2) is 4.39 Å². The molecule has 1 saturated heterocycles. The van der Waals surface area contributed by atoms with Gasteiger partial charge in [0.05, 0.1) is 0 Å². The fourth-order valence-electron chi connectivity index (χ4n) is 2.82. The summed E-state index contributed by atoms with van der Waals surface area (Å²) in [5.41, 5.74) is 1.24. The molecule has 1 nitrogen and oxygen atoms in total. The molecule has 0 saturated carbocycles. The molecule has 19 heavy (non-hydrogen) atoms. The lowest BCUT2D eigenvalue weighted by Crippen LogP contribution is -2.29. The molecule has 0 radical (unpaired) electrons. The summed E-state index contributed by atoms with van der Waals surface area (Å²) in [7, 11) is 0. The van der Waals surface area contributed by atoms with Crippen molar-refractivity contribution in [2.24, 2.45) is 0 Å². The number of benzene rings is 2. The average Bonchev–Trinajstić information content (AvgIpc) is 2.44. The summed E-state index contributed by atoms with van der Waals surface area (Å²) in [6.45, 7) is 3.29. The summed E-state index contributed by atoms with van der Waals surface area (Å²) in [5, 5.41) is 1.80. The van der Waals surface area contributed by atoms with Crippen LogP contribution in [0.1, 0.15) is 24.8 Å². The first-order valence-corrected chi connectivity index (χ1v) is 6.73. The van der Waals surface area contributed by atoms with Crippen LogP contribution in [0.15, 0.2) is 36.4 Å². The third-order valence-electron chi connectivity index (χ3n) is 3.80. The SMILES string of the molecule is Cl.Fc1ccc(CN2CCCCC2)c2ccccc12. The van der Waals surface area contributed by atoms with E-state index in [0.29, 0.717) is 0 Å². The van der Waals surface area contributed by atoms with Crippen LogP contribution in [0.2, 0.25) is 0 Å². The van der Waals surface area contributed by atoms with Crippen molar-refractivity contribution in [3.8, 4) is 0 Å². The maximum absolute atomic E-state index is 13.7. The highest BCUT2D eigenvalue weighted by Crippen LogP contribution is 2.24. The first kappa shape index (κ1) is 14.3. The van der Waals surface area contributed by atoms with E-state index in [4.69, 9.17) is 0 Å². The van der Waals surface area contributed by atoms with Crippen LogP contribution in [0.5, 0.6) is 0 Å². The minimum atomic E-state index is -0.118. The van der Waals surface area contributed by atoms with Gasteiger partial charge in [-0.1, -0.05) is 36.8 Å². The number of hydrogen-bond donors (Lipinski definition) is 0. The van der Waals surface area contributed by atoms with Gasteiger partial charge in [-0.15, -0.1) is 12.4 Å². The van der Waals surface area contributed by atoms with Gasteiger partial charge in [-0.2, -0.15) is 0 Å². The van der Waals surface area contributed by atoms with Crippen molar-refractivity contribution in [2.75, 3.05) is 13.1 Å². The zero-order valence-corrected chi connectivity index (χ0v) is 11.8. The Morgan fingerprint density at radius 1 is 0.895 bits per heavy atom. The first-order chi connectivity index (χ1) is 8.84. The summed E-state index contributed by atoms with van der Waals surface area (Å²) in [4.78, 5) is 2.48. The predicted octanol–water partition coefficient (Wildman–Crippen LogP) is 4.39. The Hall–Kier alpha value is -1.12. The molecule has 3 rings (SSSR count). The van der Waals surface area contributed by atoms with Crippen molar-refractivity contribution in [1.29, 1.82) is 0 Å². The van der Waals surface area contributed by atoms with Crippen molar-refractivity contribution >= 4 is 23.2 Å². The first-order valence-electron chi connectivity index (χ1n) is 6.73. The molecule has 1 fully saturated rings. The summed E-state index contributed by atoms with van der Waals surface area (Å²) >= 11 is 0. The molecule has 1 aliphatic rings. The van der Waals surface area contributed by atoms with Crippen LogP contribution in [-0.2, 0) is 6.54 Å². The van der Waals surface area contributed by atoms with E-state index in [1.54, 1.807) is 6.07 Å². The highest BCUT2D eigenvalue weighted by Gasteiger charge is 2.12. The maximum atomic E-state index is 13.7. The molecule has 0 amide bonds. The zero-order valence-electron chi connectivity index (χ0n) is 10.9. The van der Waals surface area contributed by atoms with E-state index < -0.39 is 0 Å². The van der Waals surface area contributed by atoms with Crippen molar-refractivity contribution < 1.29 is 4.39 Å². The Bertz CT molecular complexity index is 549. The fraction of sp³-hybridized carbons (Fsp3) is 0.375. The summed E-state index contributed by atoms with van der Waals surface area (Å²) < 4.78 is 13.7. The number of nitrogens with zero attached hydrogens (tertiary/aromatic N) is 1. The van der Waals surface area contributed by atoms with Crippen LogP contribution >= 0.6 is 12.4 Å². The molecule has 0 bridgehead atoms. The minimum Gasteiger partial charge on any atom is -0.299 e. The van der Waals surface area contributed by atoms with Gasteiger partial charge in [-0.3, -0.25) is 4.90 Å². The number of halogens is 2. The van der Waals surface area contributed by atoms with Crippen LogP contribution in [0, 0.1) is 5.82 Å². The maximum Gasteiger partial charge on any atom is 0.131 e. The van der Waals surface area contributed by atoms with E-state index in [9.17, 15) is 4.39 Å². The zero-order chi connectivity index (χ0) is 12.4. The topological polar surface area (TPSA) is 3.24 Å². The molecular formula is C16H19ClFN. The second-order valence-electron chi connectivity index (χ2n) is 5.09. The van der Waals surface area contributed by atoms with Gasteiger partial charge in [0, 0.05) is 11.9 Å². The highest BCUT2D eigenvalue weighted by molar-refractivity contribution is 5.86. The highest BCUT2D eigenvalue weighted by atomic mass is 35.5. The van der Waals surface area contributed by atoms with Crippen molar-refractivity contribution in [3.63, 3.8) is 0 Å². The molecule has 0 aliphatic carbocycles. The average molecular weight is 280 g/mol. The van der Waals surface area contributed by atoms with Crippen LogP contribution in [0.25, 0.3) is 10.8 Å². The Kier molecular flexibility index (Phi) is 4.78. The standard InChI is InChI=1S/C16H18FN.ClH/c17-16-9-8-13(12-18-10-4-1-5-11-18)14-6-2-3-7-15(14)16;/h2-3,6-9H,1,4-5,10-12H2;1H. The molecule has 2 aromatic carbocycles. The smallest absolute Gasteiger partial charge is 0.131 e. The molecule has 102 valence electrons. The molecule has 1 aliphatic heterocycles. The molecule has 0 unspecified atom stereocenters. The van der Waals surface area contributed by atoms with Crippen LogP contribution in [-0.4, -0.2) is 18.0 Å². The molecule has 0 spiro atoms. The van der Waals surface area contributed by atoms with E-state index in [1.165, 1.54) is 37.9 Å². The van der Waals surface area contributed by atoms with Crippen molar-refractivity contribution in [3.05, 3.63) is 47.8 Å². The molecule has 1 heterocycles. The van der Waals surface area contributed by atoms with Gasteiger partial charge in [0.15, 0.2) is 0 Å². The van der Waals surface area contributed by atoms with E-state index >= 15 is 0 Å². The van der Waals surface area contributed by atoms with E-state index in [2.05, 4.69) is 4.90 Å². The van der Waals surface area contributed by atoms with Crippen molar-refractivity contribution in [1.82, 2.24) is 4.90 Å². The number of fused-ring (bicyclic) bond motifs is 1. The largest absolute Gasteiger partial charge is 0.299 e. The fourth-order valence-corrected chi connectivity index (χ4v) is 2.82. The van der Waals surface area contributed by atoms with E-state index in [0.717, 1.165) is 17.3 Å². The molecule has 2 aromatic rings. The second-order valence-corrected chi connectivity index (χ2v) is 5.09. The third-order valence-corrected chi connectivity index (χ3v) is 3.80. The summed E-state index contributed by atoms with van der Waals surface area (Å²) in [5.74, 6) is -0.118. The Morgan fingerprint density at radius 2 is 1.58 bits per heavy atom. The Morgan fingerprint density at radius 3 is 2.32 bits per heavy atom. The lowest BCUT2D eigenvalue weighted by Gasteiger charge is -2.26. The molecule has 0 atom stereocenters. The van der Waals surface area contributed by atoms with E-state index in [1.807, 2.05) is 30.3 Å². The molecule has 3 heteroatoms. The molecule has 0 aromatic heterocycles. The Balaban J connectivity index is 0.00000133. The van der Waals surface area contributed by atoms with Gasteiger partial charge in [0.2, 0.25) is 0 Å². The van der Waals surface area contributed by atoms with Gasteiger partial charge in [0.1, 0.15) is 5.82 Å². The summed E-state index contributed by atoms with van der Waals surface area (Å²) in [6, 6.07) is 11.3. The minimum absolute atomic E-state index is 0. The van der Waals surface area contributed by atoms with Gasteiger partial charge in [0.25, 0.3) is 0 Å². The van der Waals surface area contributed by atoms with Gasteiger partial charge in [-0.05, 0) is 42.9 Å². The van der Waals surface area contributed by atoms with Crippen LogP contribution in [0.3, 0.4) is 0 Å². The number of likely N-dealkylation sites (tertiary alicyclic amines) is 1. The number of rotatable bonds is 2. The number of piperidine rings is 1. The molecule has 0 N–H and O–H groups in total. The lowest BCUT2D eigenvalue weighted by atomic mass is 10.0. The van der Waals surface area contributed by atoms with Gasteiger partial charge >= 0.3 is 0 Å². The van der Waals surface area contributed by atoms with E-state index in [-0.39, 0.29) is 18.2 Å². The normalized spacial score (nSPS) is 16.3. The third kappa shape index (κ3) is 3.07. The van der Waals surface area contributed by atoms with Gasteiger partial charge < -0.3 is 0 Å². The van der Waals surface area contributed by atoms with Crippen LogP contribution in [0.4, 0.5) is 4.39 Å². The second kappa shape index (κ2) is 6.36. The number of hydrogen-bond acceptors (Lipinski definition) is 1. The van der Waals surface area contributed by atoms with Crippen LogP contribution < -0.4 is 0 Å². The quantitative estimate of drug-likeness (QED) is 0.788. The van der Waals surface area contributed by atoms with Crippen molar-refractivity contribution in [2.45, 2.75) is 25.8 Å².